The smallest absolute Gasteiger partial charge is 0.242 e. The van der Waals surface area contributed by atoms with Gasteiger partial charge in [-0.15, -0.1) is 0 Å². The second-order valence-corrected chi connectivity index (χ2v) is 8.72. The predicted molar refractivity (Wildman–Crippen MR) is 115 cm³/mol. The van der Waals surface area contributed by atoms with Gasteiger partial charge in [-0.2, -0.15) is 0 Å². The Morgan fingerprint density at radius 3 is 2.24 bits per heavy atom. The molecule has 1 atom stereocenters. The van der Waals surface area contributed by atoms with E-state index < -0.39 is 0 Å². The monoisotopic (exact) mass is 401 g/mol. The zero-order chi connectivity index (χ0) is 20.8. The Hall–Kier alpha value is -2.08. The maximum atomic E-state index is 13.2. The quantitative estimate of drug-likeness (QED) is 0.761. The Bertz CT molecular complexity index is 675. The highest BCUT2D eigenvalue weighted by atomic mass is 16.5. The summed E-state index contributed by atoms with van der Waals surface area (Å²) in [6.45, 7) is 7.11. The van der Waals surface area contributed by atoms with Crippen molar-refractivity contribution in [2.75, 3.05) is 38.6 Å². The summed E-state index contributed by atoms with van der Waals surface area (Å²) in [5.74, 6) is 1.86. The molecule has 1 saturated heterocycles. The fourth-order valence-corrected chi connectivity index (χ4v) is 4.57. The van der Waals surface area contributed by atoms with Crippen LogP contribution < -0.4 is 10.1 Å². The summed E-state index contributed by atoms with van der Waals surface area (Å²) in [4.78, 5) is 29.9. The highest BCUT2D eigenvalue weighted by Crippen LogP contribution is 2.32. The summed E-state index contributed by atoms with van der Waals surface area (Å²) >= 11 is 0. The third kappa shape index (κ3) is 5.72. The first kappa shape index (κ1) is 21.6. The first-order valence-electron chi connectivity index (χ1n) is 10.9. The van der Waals surface area contributed by atoms with E-state index in [0.29, 0.717) is 31.3 Å². The fourth-order valence-electron chi connectivity index (χ4n) is 4.57. The maximum Gasteiger partial charge on any atom is 0.242 e. The SMILES string of the molecule is COc1ccc(NC(=O)C(C2CCCC2)N2CCN(C(=O)CC(C)C)CC2)cc1. The van der Waals surface area contributed by atoms with Gasteiger partial charge in [-0.25, -0.2) is 0 Å². The van der Waals surface area contributed by atoms with Crippen LogP contribution in [0.3, 0.4) is 0 Å². The number of piperazine rings is 1. The summed E-state index contributed by atoms with van der Waals surface area (Å²) in [5, 5.41) is 3.11. The number of benzene rings is 1. The van der Waals surface area contributed by atoms with Crippen LogP contribution >= 0.6 is 0 Å². The van der Waals surface area contributed by atoms with E-state index in [1.54, 1.807) is 7.11 Å². The topological polar surface area (TPSA) is 61.9 Å². The molecule has 1 aliphatic heterocycles. The third-order valence-corrected chi connectivity index (χ3v) is 6.12. The van der Waals surface area contributed by atoms with E-state index in [9.17, 15) is 9.59 Å². The lowest BCUT2D eigenvalue weighted by atomic mass is 9.94. The van der Waals surface area contributed by atoms with Crippen molar-refractivity contribution < 1.29 is 14.3 Å². The van der Waals surface area contributed by atoms with E-state index in [2.05, 4.69) is 24.1 Å². The summed E-state index contributed by atoms with van der Waals surface area (Å²) in [6.07, 6.45) is 5.21. The summed E-state index contributed by atoms with van der Waals surface area (Å²) in [6, 6.07) is 7.36. The number of nitrogens with zero attached hydrogens (tertiary/aromatic N) is 2. The molecule has 1 N–H and O–H groups in total. The molecule has 29 heavy (non-hydrogen) atoms. The van der Waals surface area contributed by atoms with Gasteiger partial charge in [0.2, 0.25) is 11.8 Å². The lowest BCUT2D eigenvalue weighted by molar-refractivity contribution is -0.135. The number of carbonyl (C=O) groups is 2. The average Bonchev–Trinajstić information content (AvgIpc) is 3.23. The minimum atomic E-state index is -0.123. The third-order valence-electron chi connectivity index (χ3n) is 6.12. The summed E-state index contributed by atoms with van der Waals surface area (Å²) in [7, 11) is 1.63. The standard InChI is InChI=1S/C23H35N3O3/c1-17(2)16-21(27)25-12-14-26(15-13-25)22(18-6-4-5-7-18)23(28)24-19-8-10-20(29-3)11-9-19/h8-11,17-18,22H,4-7,12-16H2,1-3H3,(H,24,28). The lowest BCUT2D eigenvalue weighted by Crippen LogP contribution is -2.57. The van der Waals surface area contributed by atoms with Gasteiger partial charge in [0, 0.05) is 38.3 Å². The molecule has 6 heteroatoms. The zero-order valence-electron chi connectivity index (χ0n) is 18.0. The van der Waals surface area contributed by atoms with Crippen molar-refractivity contribution in [2.24, 2.45) is 11.8 Å². The molecule has 1 unspecified atom stereocenters. The van der Waals surface area contributed by atoms with Crippen molar-refractivity contribution >= 4 is 17.5 Å². The minimum Gasteiger partial charge on any atom is -0.497 e. The number of hydrogen-bond donors (Lipinski definition) is 1. The number of ether oxygens (including phenoxy) is 1. The number of methoxy groups -OCH3 is 1. The molecule has 1 aliphatic carbocycles. The molecule has 1 aromatic rings. The molecule has 0 spiro atoms. The van der Waals surface area contributed by atoms with Gasteiger partial charge in [-0.1, -0.05) is 26.7 Å². The van der Waals surface area contributed by atoms with Gasteiger partial charge in [0.15, 0.2) is 0 Å². The number of carbonyl (C=O) groups excluding carboxylic acids is 2. The molecule has 1 aromatic carbocycles. The number of anilines is 1. The van der Waals surface area contributed by atoms with Crippen molar-refractivity contribution in [2.45, 2.75) is 52.0 Å². The van der Waals surface area contributed by atoms with E-state index in [1.807, 2.05) is 29.2 Å². The molecule has 1 heterocycles. The van der Waals surface area contributed by atoms with E-state index in [1.165, 1.54) is 12.8 Å². The first-order valence-corrected chi connectivity index (χ1v) is 10.9. The van der Waals surface area contributed by atoms with Crippen LogP contribution in [0.15, 0.2) is 24.3 Å². The van der Waals surface area contributed by atoms with Crippen LogP contribution in [-0.4, -0.2) is 60.9 Å². The van der Waals surface area contributed by atoms with Crippen LogP contribution in [0.1, 0.15) is 46.0 Å². The van der Waals surface area contributed by atoms with E-state index in [-0.39, 0.29) is 17.9 Å². The maximum absolute atomic E-state index is 13.2. The van der Waals surface area contributed by atoms with Crippen molar-refractivity contribution in [1.82, 2.24) is 9.80 Å². The van der Waals surface area contributed by atoms with Crippen LogP contribution in [0.5, 0.6) is 5.75 Å². The number of rotatable bonds is 7. The Kier molecular flexibility index (Phi) is 7.53. The van der Waals surface area contributed by atoms with Crippen LogP contribution in [0.4, 0.5) is 5.69 Å². The van der Waals surface area contributed by atoms with Gasteiger partial charge in [-0.3, -0.25) is 14.5 Å². The first-order chi connectivity index (χ1) is 14.0. The largest absolute Gasteiger partial charge is 0.497 e. The van der Waals surface area contributed by atoms with Gasteiger partial charge in [-0.05, 0) is 48.9 Å². The molecular weight excluding hydrogens is 366 g/mol. The Morgan fingerprint density at radius 1 is 1.07 bits per heavy atom. The molecule has 1 saturated carbocycles. The molecule has 0 aromatic heterocycles. The van der Waals surface area contributed by atoms with Gasteiger partial charge in [0.25, 0.3) is 0 Å². The Morgan fingerprint density at radius 2 is 1.69 bits per heavy atom. The van der Waals surface area contributed by atoms with Crippen molar-refractivity contribution in [1.29, 1.82) is 0 Å². The van der Waals surface area contributed by atoms with E-state index in [4.69, 9.17) is 4.74 Å². The van der Waals surface area contributed by atoms with Crippen LogP contribution in [0.25, 0.3) is 0 Å². The van der Waals surface area contributed by atoms with Crippen molar-refractivity contribution in [3.8, 4) is 5.75 Å². The minimum absolute atomic E-state index is 0.0732. The summed E-state index contributed by atoms with van der Waals surface area (Å²) < 4.78 is 5.20. The van der Waals surface area contributed by atoms with Gasteiger partial charge < -0.3 is 15.0 Å². The number of amides is 2. The molecule has 2 aliphatic rings. The highest BCUT2D eigenvalue weighted by molar-refractivity contribution is 5.95. The molecule has 160 valence electrons. The molecule has 2 amide bonds. The molecule has 0 radical (unpaired) electrons. The average molecular weight is 402 g/mol. The molecule has 3 rings (SSSR count). The van der Waals surface area contributed by atoms with E-state index >= 15 is 0 Å². The molecular formula is C23H35N3O3. The second-order valence-electron chi connectivity index (χ2n) is 8.72. The van der Waals surface area contributed by atoms with Gasteiger partial charge >= 0.3 is 0 Å². The van der Waals surface area contributed by atoms with Crippen LogP contribution in [0, 0.1) is 11.8 Å². The second kappa shape index (κ2) is 10.1. The van der Waals surface area contributed by atoms with Gasteiger partial charge in [0.05, 0.1) is 13.2 Å². The highest BCUT2D eigenvalue weighted by Gasteiger charge is 2.37. The van der Waals surface area contributed by atoms with Crippen molar-refractivity contribution in [3.05, 3.63) is 24.3 Å². The van der Waals surface area contributed by atoms with E-state index in [0.717, 1.165) is 37.4 Å². The lowest BCUT2D eigenvalue weighted by Gasteiger charge is -2.41. The fraction of sp³-hybridized carbons (Fsp3) is 0.652. The molecule has 0 bridgehead atoms. The van der Waals surface area contributed by atoms with Crippen molar-refractivity contribution in [3.63, 3.8) is 0 Å². The molecule has 2 fully saturated rings. The number of nitrogens with one attached hydrogen (secondary N) is 1. The van der Waals surface area contributed by atoms with Crippen LogP contribution in [0.2, 0.25) is 0 Å². The molecule has 6 nitrogen and oxygen atoms in total. The number of hydrogen-bond acceptors (Lipinski definition) is 4. The Balaban J connectivity index is 1.64. The Labute approximate surface area is 174 Å². The van der Waals surface area contributed by atoms with Crippen LogP contribution in [-0.2, 0) is 9.59 Å². The zero-order valence-corrected chi connectivity index (χ0v) is 18.0. The normalized spacial score (nSPS) is 19.4. The predicted octanol–water partition coefficient (Wildman–Crippen LogP) is 3.38. The van der Waals surface area contributed by atoms with Gasteiger partial charge in [0.1, 0.15) is 5.75 Å². The summed E-state index contributed by atoms with van der Waals surface area (Å²) in [5.41, 5.74) is 0.796.